The molecule has 32 heavy (non-hydrogen) atoms. The van der Waals surface area contributed by atoms with Crippen molar-refractivity contribution in [3.05, 3.63) is 53.6 Å². The van der Waals surface area contributed by atoms with Crippen LogP contribution in [0.5, 0.6) is 0 Å². The molecule has 1 aromatic carbocycles. The number of pyridine rings is 1. The van der Waals surface area contributed by atoms with Gasteiger partial charge in [0.15, 0.2) is 10.8 Å². The number of carbonyl (C=O) groups excluding carboxylic acids is 1. The van der Waals surface area contributed by atoms with E-state index in [2.05, 4.69) is 25.5 Å². The fraction of sp³-hybridized carbons (Fsp3) is 0.0556. The number of H-pyrrole nitrogens is 1. The molecule has 0 spiro atoms. The maximum absolute atomic E-state index is 13.8. The molecule has 0 saturated carbocycles. The predicted octanol–water partition coefficient (Wildman–Crippen LogP) is 4.58. The second-order valence-electron chi connectivity index (χ2n) is 6.29. The summed E-state index contributed by atoms with van der Waals surface area (Å²) in [5.74, 6) is -2.24. The lowest BCUT2D eigenvalue weighted by molar-refractivity contribution is -0.137. The first-order valence-electron chi connectivity index (χ1n) is 8.60. The molecule has 0 saturated heterocycles. The molecule has 0 radical (unpaired) electrons. The number of urea groups is 1. The van der Waals surface area contributed by atoms with Gasteiger partial charge < -0.3 is 10.4 Å². The Morgan fingerprint density at radius 3 is 2.62 bits per heavy atom. The molecule has 3 aromatic heterocycles. The normalized spacial score (nSPS) is 11.5. The summed E-state index contributed by atoms with van der Waals surface area (Å²) in [6.45, 7) is 0. The standard InChI is InChI=1S/C18H10F4N6O3S/c19-10-2-1-7(18(20,21)22)3-11(10)26-16(31)27-17-23-6-13(32-17)12-4-8(15(29)30)9-5-24-28-14(9)25-12/h1-6H,(H,29,30)(H,24,25,28)(H2,23,26,27,31). The van der Waals surface area contributed by atoms with E-state index in [4.69, 9.17) is 0 Å². The van der Waals surface area contributed by atoms with Gasteiger partial charge in [0.2, 0.25) is 0 Å². The average Bonchev–Trinajstić information content (AvgIpc) is 3.37. The van der Waals surface area contributed by atoms with Crippen molar-refractivity contribution in [1.29, 1.82) is 0 Å². The summed E-state index contributed by atoms with van der Waals surface area (Å²) < 4.78 is 52.2. The van der Waals surface area contributed by atoms with E-state index in [-0.39, 0.29) is 22.0 Å². The Hall–Kier alpha value is -4.07. The number of carboxylic acid groups (broad SMARTS) is 1. The highest BCUT2D eigenvalue weighted by Crippen LogP contribution is 2.33. The van der Waals surface area contributed by atoms with Crippen molar-refractivity contribution in [3.63, 3.8) is 0 Å². The third-order valence-corrected chi connectivity index (χ3v) is 5.11. The number of hydrogen-bond donors (Lipinski definition) is 4. The first-order chi connectivity index (χ1) is 15.1. The Bertz CT molecular complexity index is 1350. The van der Waals surface area contributed by atoms with Crippen LogP contribution in [0.2, 0.25) is 0 Å². The molecule has 0 aliphatic carbocycles. The molecule has 2 amide bonds. The lowest BCUT2D eigenvalue weighted by atomic mass is 10.1. The van der Waals surface area contributed by atoms with Gasteiger partial charge in [-0.1, -0.05) is 11.3 Å². The molecule has 4 aromatic rings. The summed E-state index contributed by atoms with van der Waals surface area (Å²) in [7, 11) is 0. The fourth-order valence-corrected chi connectivity index (χ4v) is 3.50. The molecular weight excluding hydrogens is 456 g/mol. The summed E-state index contributed by atoms with van der Waals surface area (Å²) in [4.78, 5) is 32.2. The van der Waals surface area contributed by atoms with Crippen LogP contribution in [0.25, 0.3) is 21.6 Å². The Balaban J connectivity index is 1.54. The van der Waals surface area contributed by atoms with Crippen LogP contribution in [0.4, 0.5) is 33.2 Å². The number of rotatable bonds is 4. The molecule has 0 unspecified atom stereocenters. The average molecular weight is 466 g/mol. The van der Waals surface area contributed by atoms with E-state index in [0.717, 1.165) is 11.3 Å². The Labute approximate surface area is 179 Å². The van der Waals surface area contributed by atoms with Crippen LogP contribution in [-0.4, -0.2) is 37.3 Å². The third-order valence-electron chi connectivity index (χ3n) is 4.17. The number of nitrogens with one attached hydrogen (secondary N) is 3. The minimum absolute atomic E-state index is 0.0215. The van der Waals surface area contributed by atoms with E-state index in [9.17, 15) is 32.3 Å². The highest BCUT2D eigenvalue weighted by atomic mass is 32.1. The van der Waals surface area contributed by atoms with E-state index in [0.29, 0.717) is 28.5 Å². The topological polar surface area (TPSA) is 133 Å². The van der Waals surface area contributed by atoms with Crippen molar-refractivity contribution in [3.8, 4) is 10.6 Å². The molecule has 0 atom stereocenters. The van der Waals surface area contributed by atoms with E-state index in [1.54, 1.807) is 0 Å². The minimum atomic E-state index is -4.71. The number of aromatic amines is 1. The van der Waals surface area contributed by atoms with Crippen molar-refractivity contribution in [1.82, 2.24) is 20.2 Å². The maximum atomic E-state index is 13.8. The summed E-state index contributed by atoms with van der Waals surface area (Å²) in [6.07, 6.45) is -2.06. The summed E-state index contributed by atoms with van der Waals surface area (Å²) in [6, 6.07) is 1.92. The molecule has 9 nitrogen and oxygen atoms in total. The van der Waals surface area contributed by atoms with E-state index < -0.39 is 35.2 Å². The number of aromatic nitrogens is 4. The second-order valence-corrected chi connectivity index (χ2v) is 7.32. The predicted molar refractivity (Wildman–Crippen MR) is 106 cm³/mol. The number of carbonyl (C=O) groups is 2. The van der Waals surface area contributed by atoms with Crippen molar-refractivity contribution in [2.45, 2.75) is 6.18 Å². The van der Waals surface area contributed by atoms with Crippen molar-refractivity contribution < 1.29 is 32.3 Å². The molecular formula is C18H10F4N6O3S. The van der Waals surface area contributed by atoms with Gasteiger partial charge in [-0.2, -0.15) is 18.3 Å². The molecule has 164 valence electrons. The number of nitrogens with zero attached hydrogens (tertiary/aromatic N) is 3. The van der Waals surface area contributed by atoms with Crippen LogP contribution >= 0.6 is 11.3 Å². The number of alkyl halides is 3. The van der Waals surface area contributed by atoms with Gasteiger partial charge in [-0.25, -0.2) is 23.9 Å². The number of benzene rings is 1. The number of aromatic carboxylic acids is 1. The maximum Gasteiger partial charge on any atom is 0.416 e. The lowest BCUT2D eigenvalue weighted by Crippen LogP contribution is -2.20. The number of fused-ring (bicyclic) bond motifs is 1. The van der Waals surface area contributed by atoms with Gasteiger partial charge in [-0.05, 0) is 24.3 Å². The largest absolute Gasteiger partial charge is 0.478 e. The Kier molecular flexibility index (Phi) is 5.22. The number of halogens is 4. The quantitative estimate of drug-likeness (QED) is 0.326. The summed E-state index contributed by atoms with van der Waals surface area (Å²) in [5, 5.41) is 20.3. The van der Waals surface area contributed by atoms with Crippen LogP contribution in [0.15, 0.2) is 36.7 Å². The highest BCUT2D eigenvalue weighted by Gasteiger charge is 2.31. The van der Waals surface area contributed by atoms with Crippen molar-refractivity contribution in [2.24, 2.45) is 0 Å². The minimum Gasteiger partial charge on any atom is -0.478 e. The SMILES string of the molecule is O=C(Nc1ncc(-c2cc(C(=O)O)c3cn[nH]c3n2)s1)Nc1cc(C(F)(F)F)ccc1F. The van der Waals surface area contributed by atoms with E-state index in [1.165, 1.54) is 18.5 Å². The number of anilines is 2. The first kappa shape index (κ1) is 21.2. The monoisotopic (exact) mass is 466 g/mol. The number of carboxylic acids is 1. The van der Waals surface area contributed by atoms with Gasteiger partial charge in [0, 0.05) is 6.20 Å². The van der Waals surface area contributed by atoms with E-state index >= 15 is 0 Å². The first-order valence-corrected chi connectivity index (χ1v) is 9.42. The molecule has 0 aliphatic heterocycles. The third kappa shape index (κ3) is 4.20. The zero-order valence-electron chi connectivity index (χ0n) is 15.5. The van der Waals surface area contributed by atoms with Gasteiger partial charge in [-0.3, -0.25) is 10.4 Å². The molecule has 4 rings (SSSR count). The zero-order valence-corrected chi connectivity index (χ0v) is 16.3. The molecule has 3 heterocycles. The summed E-state index contributed by atoms with van der Waals surface area (Å²) in [5.41, 5.74) is -1.35. The highest BCUT2D eigenvalue weighted by molar-refractivity contribution is 7.19. The van der Waals surface area contributed by atoms with Gasteiger partial charge in [0.05, 0.1) is 39.0 Å². The van der Waals surface area contributed by atoms with Gasteiger partial charge in [-0.15, -0.1) is 0 Å². The summed E-state index contributed by atoms with van der Waals surface area (Å²) >= 11 is 0.922. The van der Waals surface area contributed by atoms with Crippen LogP contribution in [0, 0.1) is 5.82 Å². The van der Waals surface area contributed by atoms with Gasteiger partial charge in [0.1, 0.15) is 5.82 Å². The Morgan fingerprint density at radius 2 is 1.91 bits per heavy atom. The second kappa shape index (κ2) is 7.88. The van der Waals surface area contributed by atoms with Crippen LogP contribution in [0.1, 0.15) is 15.9 Å². The number of hydrogen-bond acceptors (Lipinski definition) is 6. The smallest absolute Gasteiger partial charge is 0.416 e. The van der Waals surface area contributed by atoms with Crippen molar-refractivity contribution in [2.75, 3.05) is 10.6 Å². The lowest BCUT2D eigenvalue weighted by Gasteiger charge is -2.11. The molecule has 0 fully saturated rings. The fourth-order valence-electron chi connectivity index (χ4n) is 2.73. The van der Waals surface area contributed by atoms with Crippen LogP contribution in [-0.2, 0) is 6.18 Å². The van der Waals surface area contributed by atoms with Crippen molar-refractivity contribution >= 4 is 45.2 Å². The zero-order chi connectivity index (χ0) is 23.0. The van der Waals surface area contributed by atoms with E-state index in [1.807, 2.05) is 5.32 Å². The van der Waals surface area contributed by atoms with Crippen LogP contribution < -0.4 is 10.6 Å². The molecule has 4 N–H and O–H groups in total. The molecule has 0 bridgehead atoms. The Morgan fingerprint density at radius 1 is 1.12 bits per heavy atom. The van der Waals surface area contributed by atoms with Gasteiger partial charge >= 0.3 is 18.2 Å². The van der Waals surface area contributed by atoms with Gasteiger partial charge in [0.25, 0.3) is 0 Å². The van der Waals surface area contributed by atoms with Crippen LogP contribution in [0.3, 0.4) is 0 Å². The molecule has 0 aliphatic rings. The number of thiazole rings is 1. The number of amides is 2. The molecule has 14 heteroatoms.